The molecule has 28 heavy (non-hydrogen) atoms. The summed E-state index contributed by atoms with van der Waals surface area (Å²) in [6.45, 7) is 4.17. The van der Waals surface area contributed by atoms with Crippen LogP contribution in [-0.4, -0.2) is 11.8 Å². The van der Waals surface area contributed by atoms with Crippen LogP contribution in [0.5, 0.6) is 0 Å². The van der Waals surface area contributed by atoms with Crippen LogP contribution in [0.1, 0.15) is 32.8 Å². The van der Waals surface area contributed by atoms with Gasteiger partial charge in [-0.25, -0.2) is 0 Å². The molecule has 5 nitrogen and oxygen atoms in total. The van der Waals surface area contributed by atoms with Crippen molar-refractivity contribution < 1.29 is 14.0 Å². The zero-order valence-electron chi connectivity index (χ0n) is 15.9. The molecule has 0 atom stereocenters. The van der Waals surface area contributed by atoms with Crippen LogP contribution in [0, 0.1) is 13.8 Å². The molecule has 2 aromatic carbocycles. The third kappa shape index (κ3) is 5.20. The van der Waals surface area contributed by atoms with E-state index in [-0.39, 0.29) is 18.1 Å². The summed E-state index contributed by atoms with van der Waals surface area (Å²) < 4.78 is 5.24. The number of rotatable bonds is 6. The molecule has 142 valence electrons. The Bertz CT molecular complexity index is 970. The Hall–Kier alpha value is -3.60. The zero-order chi connectivity index (χ0) is 19.9. The van der Waals surface area contributed by atoms with Crippen LogP contribution in [0.15, 0.2) is 77.0 Å². The second kappa shape index (κ2) is 8.86. The van der Waals surface area contributed by atoms with Crippen molar-refractivity contribution in [3.63, 3.8) is 0 Å². The molecule has 3 aromatic rings. The van der Waals surface area contributed by atoms with Crippen molar-refractivity contribution in [1.29, 1.82) is 0 Å². The van der Waals surface area contributed by atoms with Crippen LogP contribution in [0.4, 0.5) is 0 Å². The number of carbonyl (C=O) groups excluding carboxylic acids is 2. The van der Waals surface area contributed by atoms with E-state index in [2.05, 4.69) is 10.6 Å². The molecule has 0 bridgehead atoms. The summed E-state index contributed by atoms with van der Waals surface area (Å²) in [5, 5.41) is 5.49. The van der Waals surface area contributed by atoms with Crippen molar-refractivity contribution in [2.24, 2.45) is 0 Å². The van der Waals surface area contributed by atoms with Gasteiger partial charge in [0.1, 0.15) is 11.5 Å². The standard InChI is InChI=1S/C23H22N2O3/c1-16-5-9-18(10-6-16)14-21(23(27)24-15-20-4-3-13-28-20)25-22(26)19-11-7-17(2)8-12-19/h3-14H,15H2,1-2H3,(H,24,27)(H,25,26)/b21-14+. The first-order valence-electron chi connectivity index (χ1n) is 8.98. The Labute approximate surface area is 164 Å². The van der Waals surface area contributed by atoms with Crippen molar-refractivity contribution in [3.05, 3.63) is 101 Å². The lowest BCUT2D eigenvalue weighted by Gasteiger charge is -2.11. The van der Waals surface area contributed by atoms with E-state index in [9.17, 15) is 9.59 Å². The molecule has 3 rings (SSSR count). The van der Waals surface area contributed by atoms with Crippen LogP contribution in [0.2, 0.25) is 0 Å². The summed E-state index contributed by atoms with van der Waals surface area (Å²) in [4.78, 5) is 25.3. The van der Waals surface area contributed by atoms with Gasteiger partial charge in [0, 0.05) is 5.56 Å². The van der Waals surface area contributed by atoms with E-state index in [4.69, 9.17) is 4.42 Å². The van der Waals surface area contributed by atoms with E-state index in [0.717, 1.165) is 16.7 Å². The number of carbonyl (C=O) groups is 2. The molecular weight excluding hydrogens is 352 g/mol. The van der Waals surface area contributed by atoms with Crippen LogP contribution in [0.25, 0.3) is 6.08 Å². The normalized spacial score (nSPS) is 11.1. The van der Waals surface area contributed by atoms with E-state index in [0.29, 0.717) is 11.3 Å². The number of hydrogen-bond acceptors (Lipinski definition) is 3. The summed E-state index contributed by atoms with van der Waals surface area (Å²) in [6, 6.07) is 18.4. The smallest absolute Gasteiger partial charge is 0.268 e. The molecule has 0 aliphatic heterocycles. The molecule has 5 heteroatoms. The van der Waals surface area contributed by atoms with Gasteiger partial charge in [0.25, 0.3) is 11.8 Å². The van der Waals surface area contributed by atoms with E-state index < -0.39 is 5.91 Å². The van der Waals surface area contributed by atoms with Gasteiger partial charge in [-0.2, -0.15) is 0 Å². The first-order valence-corrected chi connectivity index (χ1v) is 8.98. The molecule has 0 saturated heterocycles. The maximum Gasteiger partial charge on any atom is 0.268 e. The van der Waals surface area contributed by atoms with Gasteiger partial charge in [0.15, 0.2) is 0 Å². The van der Waals surface area contributed by atoms with Gasteiger partial charge in [-0.1, -0.05) is 47.5 Å². The van der Waals surface area contributed by atoms with Crippen LogP contribution in [0.3, 0.4) is 0 Å². The van der Waals surface area contributed by atoms with Crippen LogP contribution >= 0.6 is 0 Å². The number of benzene rings is 2. The first-order chi connectivity index (χ1) is 13.5. The molecule has 1 aromatic heterocycles. The Balaban J connectivity index is 1.80. The first kappa shape index (κ1) is 19.2. The summed E-state index contributed by atoms with van der Waals surface area (Å²) in [5.74, 6) is -0.100. The van der Waals surface area contributed by atoms with Crippen molar-refractivity contribution in [3.8, 4) is 0 Å². The van der Waals surface area contributed by atoms with E-state index in [1.54, 1.807) is 36.6 Å². The van der Waals surface area contributed by atoms with Gasteiger partial charge in [0.2, 0.25) is 0 Å². The summed E-state index contributed by atoms with van der Waals surface area (Å²) in [6.07, 6.45) is 3.20. The predicted octanol–water partition coefficient (Wildman–Crippen LogP) is 3.98. The molecule has 0 fully saturated rings. The maximum absolute atomic E-state index is 12.7. The van der Waals surface area contributed by atoms with Gasteiger partial charge in [-0.15, -0.1) is 0 Å². The number of aryl methyl sites for hydroxylation is 2. The van der Waals surface area contributed by atoms with Crippen molar-refractivity contribution in [1.82, 2.24) is 10.6 Å². The van der Waals surface area contributed by atoms with Gasteiger partial charge < -0.3 is 15.1 Å². The predicted molar refractivity (Wildman–Crippen MR) is 108 cm³/mol. The highest BCUT2D eigenvalue weighted by Crippen LogP contribution is 2.10. The van der Waals surface area contributed by atoms with Crippen LogP contribution < -0.4 is 10.6 Å². The number of hydrogen-bond donors (Lipinski definition) is 2. The highest BCUT2D eigenvalue weighted by molar-refractivity contribution is 6.05. The highest BCUT2D eigenvalue weighted by Gasteiger charge is 2.15. The number of amides is 2. The lowest BCUT2D eigenvalue weighted by atomic mass is 10.1. The summed E-state index contributed by atoms with van der Waals surface area (Å²) in [5.41, 5.74) is 3.64. The molecule has 1 heterocycles. The zero-order valence-corrected chi connectivity index (χ0v) is 15.9. The van der Waals surface area contributed by atoms with Gasteiger partial charge in [-0.05, 0) is 49.8 Å². The third-order valence-electron chi connectivity index (χ3n) is 4.20. The molecule has 2 N–H and O–H groups in total. The minimum atomic E-state index is -0.391. The molecule has 0 aliphatic carbocycles. The van der Waals surface area contributed by atoms with Gasteiger partial charge >= 0.3 is 0 Å². The topological polar surface area (TPSA) is 71.3 Å². The Morgan fingerprint density at radius 2 is 1.57 bits per heavy atom. The molecule has 0 unspecified atom stereocenters. The molecular formula is C23H22N2O3. The van der Waals surface area contributed by atoms with Crippen molar-refractivity contribution >= 4 is 17.9 Å². The molecule has 0 spiro atoms. The molecule has 0 saturated carbocycles. The largest absolute Gasteiger partial charge is 0.467 e. The average molecular weight is 374 g/mol. The molecule has 0 radical (unpaired) electrons. The fourth-order valence-corrected chi connectivity index (χ4v) is 2.56. The minimum absolute atomic E-state index is 0.168. The van der Waals surface area contributed by atoms with E-state index in [1.807, 2.05) is 50.2 Å². The number of nitrogens with one attached hydrogen (secondary N) is 2. The van der Waals surface area contributed by atoms with Crippen molar-refractivity contribution in [2.45, 2.75) is 20.4 Å². The summed E-state index contributed by atoms with van der Waals surface area (Å²) >= 11 is 0. The molecule has 0 aliphatic rings. The maximum atomic E-state index is 12.7. The van der Waals surface area contributed by atoms with Gasteiger partial charge in [-0.3, -0.25) is 9.59 Å². The van der Waals surface area contributed by atoms with E-state index >= 15 is 0 Å². The number of furan rings is 1. The van der Waals surface area contributed by atoms with E-state index in [1.165, 1.54) is 0 Å². The molecule has 2 amide bonds. The average Bonchev–Trinajstić information content (AvgIpc) is 3.21. The van der Waals surface area contributed by atoms with Crippen LogP contribution in [-0.2, 0) is 11.3 Å². The summed E-state index contributed by atoms with van der Waals surface area (Å²) in [7, 11) is 0. The lowest BCUT2D eigenvalue weighted by molar-refractivity contribution is -0.118. The third-order valence-corrected chi connectivity index (χ3v) is 4.20. The Morgan fingerprint density at radius 1 is 0.929 bits per heavy atom. The monoisotopic (exact) mass is 374 g/mol. The van der Waals surface area contributed by atoms with Crippen molar-refractivity contribution in [2.75, 3.05) is 0 Å². The fourth-order valence-electron chi connectivity index (χ4n) is 2.56. The fraction of sp³-hybridized carbons (Fsp3) is 0.130. The Morgan fingerprint density at radius 3 is 2.18 bits per heavy atom. The second-order valence-electron chi connectivity index (χ2n) is 6.55. The van der Waals surface area contributed by atoms with Gasteiger partial charge in [0.05, 0.1) is 12.8 Å². The quantitative estimate of drug-likeness (QED) is 0.641. The minimum Gasteiger partial charge on any atom is -0.467 e. The highest BCUT2D eigenvalue weighted by atomic mass is 16.3. The lowest BCUT2D eigenvalue weighted by Crippen LogP contribution is -2.34. The SMILES string of the molecule is Cc1ccc(/C=C(/NC(=O)c2ccc(C)cc2)C(=O)NCc2ccco2)cc1. The second-order valence-corrected chi connectivity index (χ2v) is 6.55. The Kier molecular flexibility index (Phi) is 6.07.